The highest BCUT2D eigenvalue weighted by atomic mass is 19.4. The van der Waals surface area contributed by atoms with Crippen LogP contribution in [0.2, 0.25) is 0 Å². The van der Waals surface area contributed by atoms with Gasteiger partial charge in [-0.15, -0.1) is 0 Å². The molecule has 0 aliphatic carbocycles. The van der Waals surface area contributed by atoms with Gasteiger partial charge in [-0.25, -0.2) is 0 Å². The molecular formula is C18H17F3N2O6. The van der Waals surface area contributed by atoms with Crippen molar-refractivity contribution in [3.8, 4) is 11.5 Å². The first kappa shape index (κ1) is 22.0. The third-order valence-electron chi connectivity index (χ3n) is 3.58. The van der Waals surface area contributed by atoms with Crippen LogP contribution in [-0.4, -0.2) is 41.8 Å². The van der Waals surface area contributed by atoms with E-state index in [1.165, 1.54) is 24.3 Å². The lowest BCUT2D eigenvalue weighted by atomic mass is 10.2. The molecule has 1 atom stereocenters. The van der Waals surface area contributed by atoms with Crippen LogP contribution in [0.1, 0.15) is 5.56 Å². The summed E-state index contributed by atoms with van der Waals surface area (Å²) in [5.41, 5.74) is -0.927. The van der Waals surface area contributed by atoms with E-state index in [0.717, 1.165) is 24.3 Å². The van der Waals surface area contributed by atoms with Crippen molar-refractivity contribution in [1.29, 1.82) is 0 Å². The number of hydrogen-bond acceptors (Lipinski definition) is 6. The number of aliphatic hydroxyl groups excluding tert-OH is 1. The lowest BCUT2D eigenvalue weighted by Gasteiger charge is -2.14. The SMILES string of the molecule is O=C(COc1ccc([N+](=O)[O-])cc1)NCC(O)COc1ccc(C(F)(F)F)cc1. The first-order chi connectivity index (χ1) is 13.6. The molecule has 0 spiro atoms. The van der Waals surface area contributed by atoms with Gasteiger partial charge in [-0.05, 0) is 36.4 Å². The number of nitrogens with one attached hydrogen (secondary N) is 1. The number of amides is 1. The Morgan fingerprint density at radius 3 is 2.17 bits per heavy atom. The van der Waals surface area contributed by atoms with Crippen molar-refractivity contribution < 1.29 is 37.5 Å². The van der Waals surface area contributed by atoms with Crippen molar-refractivity contribution >= 4 is 11.6 Å². The van der Waals surface area contributed by atoms with Crippen LogP contribution in [0, 0.1) is 10.1 Å². The third kappa shape index (κ3) is 7.30. The molecule has 8 nitrogen and oxygen atoms in total. The number of nitro benzene ring substituents is 1. The van der Waals surface area contributed by atoms with E-state index >= 15 is 0 Å². The van der Waals surface area contributed by atoms with E-state index in [-0.39, 0.29) is 36.9 Å². The number of nitro groups is 1. The fourth-order valence-electron chi connectivity index (χ4n) is 2.09. The molecule has 0 radical (unpaired) electrons. The van der Waals surface area contributed by atoms with Gasteiger partial charge in [0.05, 0.1) is 10.5 Å². The van der Waals surface area contributed by atoms with Gasteiger partial charge in [-0.2, -0.15) is 13.2 Å². The van der Waals surface area contributed by atoms with E-state index in [2.05, 4.69) is 5.32 Å². The Morgan fingerprint density at radius 2 is 1.62 bits per heavy atom. The monoisotopic (exact) mass is 414 g/mol. The Balaban J connectivity index is 1.68. The summed E-state index contributed by atoms with van der Waals surface area (Å²) in [4.78, 5) is 21.7. The molecule has 11 heteroatoms. The average molecular weight is 414 g/mol. The van der Waals surface area contributed by atoms with E-state index in [1.807, 2.05) is 0 Å². The normalized spacial score (nSPS) is 12.1. The zero-order valence-electron chi connectivity index (χ0n) is 14.9. The summed E-state index contributed by atoms with van der Waals surface area (Å²) >= 11 is 0. The van der Waals surface area contributed by atoms with Gasteiger partial charge >= 0.3 is 6.18 Å². The second kappa shape index (κ2) is 9.73. The lowest BCUT2D eigenvalue weighted by Crippen LogP contribution is -2.37. The zero-order chi connectivity index (χ0) is 21.4. The largest absolute Gasteiger partial charge is 0.491 e. The topological polar surface area (TPSA) is 111 Å². The summed E-state index contributed by atoms with van der Waals surface area (Å²) in [5.74, 6) is -0.140. The second-order valence-electron chi connectivity index (χ2n) is 5.83. The molecule has 0 aliphatic heterocycles. The van der Waals surface area contributed by atoms with E-state index < -0.39 is 28.7 Å². The van der Waals surface area contributed by atoms with Crippen LogP contribution in [-0.2, 0) is 11.0 Å². The van der Waals surface area contributed by atoms with Gasteiger partial charge in [-0.1, -0.05) is 0 Å². The number of rotatable bonds is 9. The maximum Gasteiger partial charge on any atom is 0.416 e. The van der Waals surface area contributed by atoms with Crippen LogP contribution in [0.5, 0.6) is 11.5 Å². The van der Waals surface area contributed by atoms with Crippen LogP contribution in [0.3, 0.4) is 0 Å². The van der Waals surface area contributed by atoms with Gasteiger partial charge in [0, 0.05) is 18.7 Å². The first-order valence-corrected chi connectivity index (χ1v) is 8.27. The van der Waals surface area contributed by atoms with Gasteiger partial charge in [0.15, 0.2) is 6.61 Å². The number of ether oxygens (including phenoxy) is 2. The van der Waals surface area contributed by atoms with Crippen molar-refractivity contribution in [3.63, 3.8) is 0 Å². The number of carbonyl (C=O) groups is 1. The molecule has 0 saturated heterocycles. The minimum absolute atomic E-state index is 0.113. The highest BCUT2D eigenvalue weighted by Crippen LogP contribution is 2.30. The van der Waals surface area contributed by atoms with Gasteiger partial charge < -0.3 is 19.9 Å². The summed E-state index contributed by atoms with van der Waals surface area (Å²) in [6.07, 6.45) is -5.54. The number of nitrogens with zero attached hydrogens (tertiary/aromatic N) is 1. The molecule has 0 fully saturated rings. The molecular weight excluding hydrogens is 397 g/mol. The first-order valence-electron chi connectivity index (χ1n) is 8.27. The highest BCUT2D eigenvalue weighted by molar-refractivity contribution is 5.77. The molecule has 2 N–H and O–H groups in total. The molecule has 2 aromatic carbocycles. The van der Waals surface area contributed by atoms with E-state index in [9.17, 15) is 33.2 Å². The third-order valence-corrected chi connectivity index (χ3v) is 3.58. The molecule has 0 aliphatic rings. The van der Waals surface area contributed by atoms with Crippen LogP contribution >= 0.6 is 0 Å². The van der Waals surface area contributed by atoms with Gasteiger partial charge in [0.2, 0.25) is 0 Å². The Morgan fingerprint density at radius 1 is 1.07 bits per heavy atom. The molecule has 0 aromatic heterocycles. The number of aliphatic hydroxyl groups is 1. The van der Waals surface area contributed by atoms with E-state index in [0.29, 0.717) is 0 Å². The van der Waals surface area contributed by atoms with E-state index in [1.54, 1.807) is 0 Å². The number of alkyl halides is 3. The lowest BCUT2D eigenvalue weighted by molar-refractivity contribution is -0.384. The van der Waals surface area contributed by atoms with Crippen LogP contribution < -0.4 is 14.8 Å². The highest BCUT2D eigenvalue weighted by Gasteiger charge is 2.30. The standard InChI is InChI=1S/C18H17F3N2O6/c19-18(20,21)12-1-5-15(6-2-12)28-10-14(24)9-22-17(25)11-29-16-7-3-13(4-8-16)23(26)27/h1-8,14,24H,9-11H2,(H,22,25). The van der Waals surface area contributed by atoms with Crippen molar-refractivity contribution in [3.05, 3.63) is 64.2 Å². The predicted molar refractivity (Wildman–Crippen MR) is 94.5 cm³/mol. The van der Waals surface area contributed by atoms with Gasteiger partial charge in [-0.3, -0.25) is 14.9 Å². The molecule has 1 amide bonds. The van der Waals surface area contributed by atoms with Crippen molar-refractivity contribution in [2.75, 3.05) is 19.8 Å². The molecule has 2 rings (SSSR count). The quantitative estimate of drug-likeness (QED) is 0.482. The molecule has 1 unspecified atom stereocenters. The van der Waals surface area contributed by atoms with Crippen molar-refractivity contribution in [2.24, 2.45) is 0 Å². The summed E-state index contributed by atoms with van der Waals surface area (Å²) in [7, 11) is 0. The van der Waals surface area contributed by atoms with E-state index in [4.69, 9.17) is 9.47 Å². The molecule has 0 bridgehead atoms. The number of hydrogen-bond donors (Lipinski definition) is 2. The Labute approximate surface area is 163 Å². The predicted octanol–water partition coefficient (Wildman–Crippen LogP) is 2.55. The Hall–Kier alpha value is -3.34. The Bertz CT molecular complexity index is 825. The van der Waals surface area contributed by atoms with Crippen LogP contribution in [0.15, 0.2) is 48.5 Å². The zero-order valence-corrected chi connectivity index (χ0v) is 14.9. The van der Waals surface area contributed by atoms with Crippen molar-refractivity contribution in [2.45, 2.75) is 12.3 Å². The molecule has 0 saturated carbocycles. The molecule has 29 heavy (non-hydrogen) atoms. The van der Waals surface area contributed by atoms with Gasteiger partial charge in [0.1, 0.15) is 24.2 Å². The van der Waals surface area contributed by atoms with Gasteiger partial charge in [0.25, 0.3) is 11.6 Å². The summed E-state index contributed by atoms with van der Waals surface area (Å²) in [6.45, 7) is -0.776. The molecule has 0 heterocycles. The number of non-ortho nitro benzene ring substituents is 1. The number of halogens is 3. The summed E-state index contributed by atoms with van der Waals surface area (Å²) in [5, 5.41) is 22.7. The minimum Gasteiger partial charge on any atom is -0.491 e. The second-order valence-corrected chi connectivity index (χ2v) is 5.83. The maximum atomic E-state index is 12.5. The molecule has 156 valence electrons. The fourth-order valence-corrected chi connectivity index (χ4v) is 2.09. The Kier molecular flexibility index (Phi) is 7.37. The van der Waals surface area contributed by atoms with Crippen molar-refractivity contribution in [1.82, 2.24) is 5.32 Å². The fraction of sp³-hybridized carbons (Fsp3) is 0.278. The average Bonchev–Trinajstić information content (AvgIpc) is 2.69. The smallest absolute Gasteiger partial charge is 0.416 e. The van der Waals surface area contributed by atoms with Crippen LogP contribution in [0.4, 0.5) is 18.9 Å². The number of benzene rings is 2. The summed E-state index contributed by atoms with van der Waals surface area (Å²) < 4.78 is 47.8. The number of carbonyl (C=O) groups excluding carboxylic acids is 1. The summed E-state index contributed by atoms with van der Waals surface area (Å²) in [6, 6.07) is 9.14. The van der Waals surface area contributed by atoms with Crippen LogP contribution in [0.25, 0.3) is 0 Å². The molecule has 2 aromatic rings. The maximum absolute atomic E-state index is 12.5. The minimum atomic E-state index is -4.45.